The highest BCUT2D eigenvalue weighted by molar-refractivity contribution is 5.50. The van der Waals surface area contributed by atoms with Crippen LogP contribution < -0.4 is 4.74 Å². The molecule has 2 saturated carbocycles. The number of piperidine rings is 1. The molecule has 0 radical (unpaired) electrons. The first-order valence-electron chi connectivity index (χ1n) is 15.5. The fraction of sp³-hybridized carbons (Fsp3) is 0.500. The second-order valence-electron chi connectivity index (χ2n) is 13.4. The summed E-state index contributed by atoms with van der Waals surface area (Å²) in [5, 5.41) is 0. The van der Waals surface area contributed by atoms with Crippen LogP contribution in [0, 0.1) is 5.92 Å². The highest BCUT2D eigenvalue weighted by Crippen LogP contribution is 2.66. The molecule has 3 aliphatic heterocycles. The van der Waals surface area contributed by atoms with Gasteiger partial charge in [0.25, 0.3) is 0 Å². The van der Waals surface area contributed by atoms with Gasteiger partial charge < -0.3 is 9.47 Å². The Morgan fingerprint density at radius 1 is 0.900 bits per heavy atom. The molecular weight excluding hydrogens is 492 g/mol. The van der Waals surface area contributed by atoms with Crippen LogP contribution in [0.1, 0.15) is 60.8 Å². The van der Waals surface area contributed by atoms with Gasteiger partial charge in [0.15, 0.2) is 0 Å². The van der Waals surface area contributed by atoms with Crippen molar-refractivity contribution >= 4 is 0 Å². The van der Waals surface area contributed by atoms with Crippen molar-refractivity contribution in [1.82, 2.24) is 9.80 Å². The SMILES string of the molecule is COc1ccc2c(c1)[C@]13CCN(CC4CC4)[C@H](C2)[C@]12CCC(N(Cc1ccccc1)Cc1ccccc1)(CO2)C3. The predicted octanol–water partition coefficient (Wildman–Crippen LogP) is 6.37. The summed E-state index contributed by atoms with van der Waals surface area (Å²) in [4.78, 5) is 5.64. The number of hydrogen-bond acceptors (Lipinski definition) is 4. The van der Waals surface area contributed by atoms with Crippen molar-refractivity contribution in [3.8, 4) is 5.75 Å². The molecule has 6 aliphatic rings. The van der Waals surface area contributed by atoms with Crippen molar-refractivity contribution in [2.45, 2.75) is 80.6 Å². The molecular formula is C36H42N2O2. The van der Waals surface area contributed by atoms with E-state index < -0.39 is 0 Å². The van der Waals surface area contributed by atoms with Crippen LogP contribution in [-0.2, 0) is 29.7 Å². The summed E-state index contributed by atoms with van der Waals surface area (Å²) in [5.41, 5.74) is 5.77. The lowest BCUT2D eigenvalue weighted by atomic mass is 9.45. The number of rotatable bonds is 8. The number of fused-ring (bicyclic) bond motifs is 3. The highest BCUT2D eigenvalue weighted by atomic mass is 16.5. The summed E-state index contributed by atoms with van der Waals surface area (Å²) in [6, 6.07) is 29.6. The molecule has 0 N–H and O–H groups in total. The number of nitrogens with zero attached hydrogens (tertiary/aromatic N) is 2. The van der Waals surface area contributed by atoms with Gasteiger partial charge in [-0.2, -0.15) is 0 Å². The first kappa shape index (κ1) is 25.1. The van der Waals surface area contributed by atoms with Gasteiger partial charge >= 0.3 is 0 Å². The Bertz CT molecular complexity index is 1320. The minimum absolute atomic E-state index is 0.00827. The zero-order valence-corrected chi connectivity index (χ0v) is 23.9. The van der Waals surface area contributed by atoms with Crippen LogP contribution in [0.15, 0.2) is 78.9 Å². The third-order valence-corrected chi connectivity index (χ3v) is 11.3. The fourth-order valence-electron chi connectivity index (χ4n) is 9.20. The zero-order chi connectivity index (χ0) is 26.8. The monoisotopic (exact) mass is 534 g/mol. The largest absolute Gasteiger partial charge is 0.497 e. The molecule has 3 aromatic rings. The van der Waals surface area contributed by atoms with Crippen molar-refractivity contribution in [1.29, 1.82) is 0 Å². The van der Waals surface area contributed by atoms with E-state index in [1.165, 1.54) is 67.4 Å². The molecule has 4 nitrogen and oxygen atoms in total. The lowest BCUT2D eigenvalue weighted by molar-refractivity contribution is -0.283. The van der Waals surface area contributed by atoms with Crippen molar-refractivity contribution in [3.63, 3.8) is 0 Å². The number of likely N-dealkylation sites (tertiary alicyclic amines) is 1. The van der Waals surface area contributed by atoms with Gasteiger partial charge in [-0.05, 0) is 91.8 Å². The molecule has 1 unspecified atom stereocenters. The molecule has 4 atom stereocenters. The normalized spacial score (nSPS) is 32.5. The van der Waals surface area contributed by atoms with E-state index >= 15 is 0 Å². The lowest BCUT2D eigenvalue weighted by Crippen LogP contribution is -2.81. The summed E-state index contributed by atoms with van der Waals surface area (Å²) in [7, 11) is 1.81. The molecule has 208 valence electrons. The summed E-state index contributed by atoms with van der Waals surface area (Å²) in [6.07, 6.45) is 8.64. The molecule has 4 heteroatoms. The van der Waals surface area contributed by atoms with Crippen molar-refractivity contribution in [2.75, 3.05) is 26.8 Å². The molecule has 5 fully saturated rings. The summed E-state index contributed by atoms with van der Waals surface area (Å²) in [5.74, 6) is 1.89. The topological polar surface area (TPSA) is 24.9 Å². The van der Waals surface area contributed by atoms with E-state index in [0.717, 1.165) is 44.2 Å². The van der Waals surface area contributed by atoms with Gasteiger partial charge in [0.1, 0.15) is 5.75 Å². The summed E-state index contributed by atoms with van der Waals surface area (Å²) >= 11 is 0. The number of benzene rings is 3. The smallest absolute Gasteiger partial charge is 0.119 e. The van der Waals surface area contributed by atoms with Gasteiger partial charge in [-0.25, -0.2) is 0 Å². The van der Waals surface area contributed by atoms with Crippen molar-refractivity contribution in [3.05, 3.63) is 101 Å². The number of ether oxygens (including phenoxy) is 2. The number of hydrogen-bond donors (Lipinski definition) is 0. The Morgan fingerprint density at radius 2 is 1.62 bits per heavy atom. The summed E-state index contributed by atoms with van der Waals surface area (Å²) < 4.78 is 13.2. The highest BCUT2D eigenvalue weighted by Gasteiger charge is 2.72. The van der Waals surface area contributed by atoms with E-state index in [1.54, 1.807) is 0 Å². The Labute approximate surface area is 239 Å². The fourth-order valence-corrected chi connectivity index (χ4v) is 9.20. The minimum Gasteiger partial charge on any atom is -0.497 e. The van der Waals surface area contributed by atoms with Gasteiger partial charge in [0.2, 0.25) is 0 Å². The average molecular weight is 535 g/mol. The van der Waals surface area contributed by atoms with Gasteiger partial charge in [0.05, 0.1) is 19.3 Å². The van der Waals surface area contributed by atoms with E-state index in [9.17, 15) is 0 Å². The Kier molecular flexibility index (Phi) is 5.92. The van der Waals surface area contributed by atoms with E-state index in [4.69, 9.17) is 9.47 Å². The van der Waals surface area contributed by atoms with Crippen LogP contribution in [0.5, 0.6) is 5.75 Å². The first-order valence-corrected chi connectivity index (χ1v) is 15.5. The molecule has 3 saturated heterocycles. The standard InChI is InChI=1S/C36H42N2O2/c1-39-31-15-14-30-20-33-36-17-16-34(26-40-36,25-35(36,32(30)21-31)18-19-37(33)22-29-12-13-29)38(23-27-8-4-2-5-9-27)24-28-10-6-3-7-11-28/h2-11,14-15,21,29,33H,12-13,16-20,22-26H2,1H3/t33-,34?,35-,36-/m1/s1. The van der Waals surface area contributed by atoms with Crippen LogP contribution in [-0.4, -0.2) is 53.8 Å². The zero-order valence-electron chi connectivity index (χ0n) is 23.9. The second kappa shape index (κ2) is 9.44. The quantitative estimate of drug-likeness (QED) is 0.335. The lowest BCUT2D eigenvalue weighted by Gasteiger charge is -2.73. The molecule has 3 aromatic carbocycles. The van der Waals surface area contributed by atoms with Gasteiger partial charge in [-0.1, -0.05) is 66.7 Å². The van der Waals surface area contributed by atoms with Gasteiger partial charge in [-0.3, -0.25) is 9.80 Å². The maximum atomic E-state index is 7.42. The first-order chi connectivity index (χ1) is 19.6. The number of methoxy groups -OCH3 is 1. The molecule has 40 heavy (non-hydrogen) atoms. The molecule has 0 amide bonds. The Balaban J connectivity index is 1.23. The van der Waals surface area contributed by atoms with Crippen LogP contribution >= 0.6 is 0 Å². The van der Waals surface area contributed by atoms with E-state index in [-0.39, 0.29) is 16.6 Å². The molecule has 4 bridgehead atoms. The van der Waals surface area contributed by atoms with Gasteiger partial charge in [-0.15, -0.1) is 0 Å². The third-order valence-electron chi connectivity index (χ3n) is 11.3. The molecule has 9 rings (SSSR count). The van der Waals surface area contributed by atoms with E-state index in [1.807, 2.05) is 7.11 Å². The van der Waals surface area contributed by atoms with Crippen LogP contribution in [0.2, 0.25) is 0 Å². The molecule has 3 aliphatic carbocycles. The van der Waals surface area contributed by atoms with Crippen LogP contribution in [0.3, 0.4) is 0 Å². The van der Waals surface area contributed by atoms with Gasteiger partial charge in [0, 0.05) is 36.6 Å². The average Bonchev–Trinajstić information content (AvgIpc) is 3.83. The Hall–Kier alpha value is -2.66. The van der Waals surface area contributed by atoms with E-state index in [0.29, 0.717) is 6.04 Å². The van der Waals surface area contributed by atoms with Crippen LogP contribution in [0.25, 0.3) is 0 Å². The Morgan fingerprint density at radius 3 is 2.25 bits per heavy atom. The minimum atomic E-state index is -0.0909. The third kappa shape index (κ3) is 3.83. The molecule has 1 spiro atoms. The maximum absolute atomic E-state index is 7.42. The predicted molar refractivity (Wildman–Crippen MR) is 158 cm³/mol. The second-order valence-corrected chi connectivity index (χ2v) is 13.4. The van der Waals surface area contributed by atoms with E-state index in [2.05, 4.69) is 88.7 Å². The molecule has 0 aromatic heterocycles. The van der Waals surface area contributed by atoms with Crippen molar-refractivity contribution < 1.29 is 9.47 Å². The van der Waals surface area contributed by atoms with Crippen LogP contribution in [0.4, 0.5) is 0 Å². The summed E-state index contributed by atoms with van der Waals surface area (Å²) in [6.45, 7) is 5.18. The van der Waals surface area contributed by atoms with Crippen molar-refractivity contribution in [2.24, 2.45) is 5.92 Å². The molecule has 3 heterocycles. The maximum Gasteiger partial charge on any atom is 0.119 e.